The van der Waals surface area contributed by atoms with Crippen molar-refractivity contribution >= 4 is 16.9 Å². The molecule has 0 saturated carbocycles. The number of allylic oxidation sites excluding steroid dienone is 7. The molecule has 0 amide bonds. The molecule has 146 valence electrons. The molecule has 2 aromatic rings. The summed E-state index contributed by atoms with van der Waals surface area (Å²) in [5, 5.41) is 0. The zero-order valence-corrected chi connectivity index (χ0v) is 17.1. The van der Waals surface area contributed by atoms with Gasteiger partial charge in [-0.05, 0) is 65.7 Å². The van der Waals surface area contributed by atoms with Gasteiger partial charge in [0.25, 0.3) is 0 Å². The monoisotopic (exact) mass is 380 g/mol. The summed E-state index contributed by atoms with van der Waals surface area (Å²) in [7, 11) is 2.05. The minimum Gasteiger partial charge on any atom is -0.397 e. The maximum absolute atomic E-state index is 6.57. The van der Waals surface area contributed by atoms with Crippen LogP contribution >= 0.6 is 0 Å². The van der Waals surface area contributed by atoms with Gasteiger partial charge in [-0.25, -0.2) is 0 Å². The fourth-order valence-corrected chi connectivity index (χ4v) is 3.97. The molecule has 2 nitrogen and oxygen atoms in total. The zero-order chi connectivity index (χ0) is 20.2. The molecule has 0 atom stereocenters. The van der Waals surface area contributed by atoms with E-state index in [4.69, 9.17) is 5.73 Å². The predicted octanol–water partition coefficient (Wildman–Crippen LogP) is 6.90. The maximum atomic E-state index is 6.57. The maximum Gasteiger partial charge on any atom is 0.0648 e. The summed E-state index contributed by atoms with van der Waals surface area (Å²) >= 11 is 0. The first-order valence-electron chi connectivity index (χ1n) is 10.3. The predicted molar refractivity (Wildman–Crippen MR) is 127 cm³/mol. The molecule has 0 bridgehead atoms. The summed E-state index contributed by atoms with van der Waals surface area (Å²) in [6.07, 6.45) is 17.7. The average molecular weight is 381 g/mol. The van der Waals surface area contributed by atoms with E-state index in [-0.39, 0.29) is 0 Å². The van der Waals surface area contributed by atoms with E-state index < -0.39 is 0 Å². The van der Waals surface area contributed by atoms with E-state index in [9.17, 15) is 0 Å². The van der Waals surface area contributed by atoms with Crippen LogP contribution in [0.2, 0.25) is 0 Å². The van der Waals surface area contributed by atoms with Gasteiger partial charge in [-0.3, -0.25) is 0 Å². The molecule has 2 heteroatoms. The van der Waals surface area contributed by atoms with Gasteiger partial charge in [0, 0.05) is 12.7 Å². The van der Waals surface area contributed by atoms with Crippen LogP contribution in [0.15, 0.2) is 96.8 Å². The Morgan fingerprint density at radius 3 is 2.28 bits per heavy atom. The van der Waals surface area contributed by atoms with Crippen LogP contribution in [0.1, 0.15) is 31.2 Å². The summed E-state index contributed by atoms with van der Waals surface area (Å²) in [5.74, 6) is 0. The van der Waals surface area contributed by atoms with Crippen LogP contribution in [-0.4, -0.2) is 7.05 Å². The van der Waals surface area contributed by atoms with Crippen molar-refractivity contribution in [3.05, 3.63) is 102 Å². The Labute approximate surface area is 174 Å². The van der Waals surface area contributed by atoms with Gasteiger partial charge in [-0.1, -0.05) is 73.4 Å². The Kier molecular flexibility index (Phi) is 5.53. The molecule has 0 aromatic heterocycles. The molecule has 0 aliphatic heterocycles. The molecular formula is C27H28N2. The van der Waals surface area contributed by atoms with Gasteiger partial charge in [0.1, 0.15) is 0 Å². The number of hydrogen-bond donors (Lipinski definition) is 1. The van der Waals surface area contributed by atoms with Gasteiger partial charge in [0.15, 0.2) is 0 Å². The van der Waals surface area contributed by atoms with Crippen molar-refractivity contribution < 1.29 is 0 Å². The summed E-state index contributed by atoms with van der Waals surface area (Å²) in [4.78, 5) is 2.11. The van der Waals surface area contributed by atoms with Crippen LogP contribution in [0, 0.1) is 0 Å². The van der Waals surface area contributed by atoms with Gasteiger partial charge >= 0.3 is 0 Å². The largest absolute Gasteiger partial charge is 0.397 e. The fraction of sp³-hybridized carbons (Fsp3) is 0.185. The van der Waals surface area contributed by atoms with Crippen molar-refractivity contribution in [2.75, 3.05) is 17.7 Å². The molecule has 29 heavy (non-hydrogen) atoms. The molecular weight excluding hydrogens is 352 g/mol. The normalized spacial score (nSPS) is 15.6. The molecule has 2 N–H and O–H groups in total. The van der Waals surface area contributed by atoms with Crippen LogP contribution in [0.3, 0.4) is 0 Å². The summed E-state index contributed by atoms with van der Waals surface area (Å²) in [6, 6.07) is 14.9. The second-order valence-corrected chi connectivity index (χ2v) is 7.61. The van der Waals surface area contributed by atoms with E-state index in [1.165, 1.54) is 27.8 Å². The first kappa shape index (κ1) is 19.1. The van der Waals surface area contributed by atoms with Crippen LogP contribution in [0.4, 0.5) is 11.4 Å². The Morgan fingerprint density at radius 2 is 1.62 bits per heavy atom. The SMILES string of the molecule is C=C(C1=CCCC=C1)N(C)c1cc(-c2ccccc2)c(C2=CCCC=C2)cc1N. The summed E-state index contributed by atoms with van der Waals surface area (Å²) < 4.78 is 0. The van der Waals surface area contributed by atoms with Crippen molar-refractivity contribution in [2.24, 2.45) is 0 Å². The topological polar surface area (TPSA) is 29.3 Å². The lowest BCUT2D eigenvalue weighted by Crippen LogP contribution is -2.19. The van der Waals surface area contributed by atoms with Gasteiger partial charge in [0.2, 0.25) is 0 Å². The van der Waals surface area contributed by atoms with Gasteiger partial charge in [-0.15, -0.1) is 0 Å². The quantitative estimate of drug-likeness (QED) is 0.572. The highest BCUT2D eigenvalue weighted by Gasteiger charge is 2.17. The van der Waals surface area contributed by atoms with E-state index in [1.807, 2.05) is 7.05 Å². The first-order valence-corrected chi connectivity index (χ1v) is 10.3. The highest BCUT2D eigenvalue weighted by Crippen LogP contribution is 2.39. The number of rotatable bonds is 5. The first-order chi connectivity index (χ1) is 14.1. The molecule has 0 spiro atoms. The number of nitrogen functional groups attached to an aromatic ring is 1. The Balaban J connectivity index is 1.81. The van der Waals surface area contributed by atoms with Crippen LogP contribution in [-0.2, 0) is 0 Å². The number of likely N-dealkylation sites (N-methyl/N-ethyl adjacent to an activating group) is 1. The van der Waals surface area contributed by atoms with Crippen LogP contribution in [0.5, 0.6) is 0 Å². The Bertz CT molecular complexity index is 1040. The minimum absolute atomic E-state index is 0.767. The number of benzene rings is 2. The lowest BCUT2D eigenvalue weighted by atomic mass is 9.90. The number of nitrogens with two attached hydrogens (primary N) is 1. The second kappa shape index (κ2) is 8.40. The standard InChI is InChI=1S/C27H28N2/c1-20(21-12-6-3-7-13-21)29(2)27-19-25(23-16-10-5-11-17-23)24(18-26(27)28)22-14-8-4-9-15-22/h5-6,8,10-19H,1,3-4,7,9,28H2,2H3. The molecule has 4 rings (SSSR count). The summed E-state index contributed by atoms with van der Waals surface area (Å²) in [5.41, 5.74) is 15.3. The third-order valence-corrected chi connectivity index (χ3v) is 5.65. The number of nitrogens with zero attached hydrogens (tertiary/aromatic N) is 1. The summed E-state index contributed by atoms with van der Waals surface area (Å²) in [6.45, 7) is 4.34. The second-order valence-electron chi connectivity index (χ2n) is 7.61. The molecule has 0 heterocycles. The highest BCUT2D eigenvalue weighted by atomic mass is 15.1. The Morgan fingerprint density at radius 1 is 0.897 bits per heavy atom. The third kappa shape index (κ3) is 3.97. The van der Waals surface area contributed by atoms with E-state index in [2.05, 4.69) is 90.4 Å². The Hall–Kier alpha value is -3.26. The van der Waals surface area contributed by atoms with E-state index >= 15 is 0 Å². The molecule has 0 radical (unpaired) electrons. The van der Waals surface area contributed by atoms with E-state index in [0.29, 0.717) is 0 Å². The fourth-order valence-electron chi connectivity index (χ4n) is 3.97. The molecule has 0 fully saturated rings. The number of hydrogen-bond acceptors (Lipinski definition) is 2. The van der Waals surface area contributed by atoms with Gasteiger partial charge in [0.05, 0.1) is 11.4 Å². The lowest BCUT2D eigenvalue weighted by Gasteiger charge is -2.27. The minimum atomic E-state index is 0.767. The molecule has 2 aliphatic rings. The molecule has 2 aliphatic carbocycles. The average Bonchev–Trinajstić information content (AvgIpc) is 2.79. The van der Waals surface area contributed by atoms with Crippen molar-refractivity contribution in [3.63, 3.8) is 0 Å². The van der Waals surface area contributed by atoms with Crippen molar-refractivity contribution in [1.82, 2.24) is 0 Å². The third-order valence-electron chi connectivity index (χ3n) is 5.65. The molecule has 2 aromatic carbocycles. The number of anilines is 2. The van der Waals surface area contributed by atoms with E-state index in [1.54, 1.807) is 0 Å². The highest BCUT2D eigenvalue weighted by molar-refractivity contribution is 5.91. The lowest BCUT2D eigenvalue weighted by molar-refractivity contribution is 1.00. The van der Waals surface area contributed by atoms with E-state index in [0.717, 1.165) is 42.8 Å². The van der Waals surface area contributed by atoms with Crippen molar-refractivity contribution in [1.29, 1.82) is 0 Å². The van der Waals surface area contributed by atoms with Crippen LogP contribution < -0.4 is 10.6 Å². The van der Waals surface area contributed by atoms with Crippen molar-refractivity contribution in [2.45, 2.75) is 25.7 Å². The van der Waals surface area contributed by atoms with Gasteiger partial charge < -0.3 is 10.6 Å². The van der Waals surface area contributed by atoms with Crippen molar-refractivity contribution in [3.8, 4) is 11.1 Å². The zero-order valence-electron chi connectivity index (χ0n) is 17.1. The van der Waals surface area contributed by atoms with Crippen LogP contribution in [0.25, 0.3) is 16.7 Å². The molecule has 0 saturated heterocycles. The molecule has 0 unspecified atom stereocenters. The van der Waals surface area contributed by atoms with Gasteiger partial charge in [-0.2, -0.15) is 0 Å². The smallest absolute Gasteiger partial charge is 0.0648 e.